The molecular formula is C44H57F5N6O10S. The number of nitrogens with zero attached hydrogens (tertiary/aromatic N) is 3. The van der Waals surface area contributed by atoms with Crippen molar-refractivity contribution in [2.75, 3.05) is 6.54 Å². The molecule has 6 rings (SSSR count). The molecule has 1 saturated heterocycles. The van der Waals surface area contributed by atoms with E-state index in [-0.39, 0.29) is 35.4 Å². The molecule has 3 heterocycles. The van der Waals surface area contributed by atoms with Gasteiger partial charge >= 0.3 is 18.2 Å². The number of fused-ring (bicyclic) bond motifs is 3. The molecule has 1 aromatic heterocycles. The average molecular weight is 957 g/mol. The number of alkyl halides is 5. The van der Waals surface area contributed by atoms with Crippen molar-refractivity contribution in [3.8, 4) is 5.88 Å². The van der Waals surface area contributed by atoms with Crippen LogP contribution in [0.2, 0.25) is 0 Å². The molecule has 4 amide bonds. The lowest BCUT2D eigenvalue weighted by atomic mass is 9.88. The van der Waals surface area contributed by atoms with E-state index < -0.39 is 128 Å². The summed E-state index contributed by atoms with van der Waals surface area (Å²) in [7, 11) is -4.19. The van der Waals surface area contributed by atoms with Crippen molar-refractivity contribution >= 4 is 50.8 Å². The third kappa shape index (κ3) is 10.8. The van der Waals surface area contributed by atoms with Crippen LogP contribution in [0.15, 0.2) is 30.4 Å². The molecule has 0 bridgehead atoms. The standard InChI is InChI=1S/C44H57F5N6O10S/c1-23-12-10-11-13-26-21-43(26,37(59)54-66(61,62)41(8)16-17-41)53-33(56)30-20-27(22-55(30)35(57)31(24(2)18-23)52-38(60)65-40(6,7)42(9,45)46)63-34-32(44(47,48)49)50-28-15-14-25(19-29(28)51-34)36(58)64-39(3,4)5/h11,13-15,19,23-24,26-27,30-31H,10,12,16-18,20-22H2,1-9H3,(H,52,60)(H,53,56)(H,54,59)/b13-11-/t23-,24-,26-,27-,30+,31+,43-/m1/s1. The molecule has 3 N–H and O–H groups in total. The predicted octanol–water partition coefficient (Wildman–Crippen LogP) is 6.37. The summed E-state index contributed by atoms with van der Waals surface area (Å²) in [6.07, 6.45) is -3.12. The fourth-order valence-corrected chi connectivity index (χ4v) is 9.31. The minimum absolute atomic E-state index is 0.0265. The molecule has 0 unspecified atom stereocenters. The summed E-state index contributed by atoms with van der Waals surface area (Å²) < 4.78 is 117. The first-order valence-electron chi connectivity index (χ1n) is 21.8. The predicted molar refractivity (Wildman–Crippen MR) is 227 cm³/mol. The summed E-state index contributed by atoms with van der Waals surface area (Å²) in [4.78, 5) is 78.5. The highest BCUT2D eigenvalue weighted by atomic mass is 32.2. The molecule has 2 aromatic rings. The number of allylic oxidation sites excluding steroid dienone is 1. The Kier molecular flexibility index (Phi) is 13.3. The van der Waals surface area contributed by atoms with Gasteiger partial charge in [-0.05, 0) is 110 Å². The Balaban J connectivity index is 1.40. The molecule has 364 valence electrons. The van der Waals surface area contributed by atoms with Crippen molar-refractivity contribution in [3.63, 3.8) is 0 Å². The van der Waals surface area contributed by atoms with Crippen LogP contribution in [-0.4, -0.2) is 105 Å². The molecule has 0 spiro atoms. The number of hydrogen-bond donors (Lipinski definition) is 3. The Labute approximate surface area is 379 Å². The van der Waals surface area contributed by atoms with Crippen LogP contribution in [0.4, 0.5) is 26.7 Å². The second-order valence-corrected chi connectivity index (χ2v) is 22.1. The molecule has 3 fully saturated rings. The van der Waals surface area contributed by atoms with Gasteiger partial charge in [0.2, 0.25) is 33.4 Å². The SMILES string of the molecule is C[C@@H]1CC/C=C\[C@@H]2C[C@@]2(C(=O)NS(=O)(=O)C2(C)CC2)NC(=O)[C@@H]2C[C@@H](Oc3nc4cc(C(=O)OC(C)(C)C)ccc4nc3C(F)(F)F)CN2C(=O)[C@@H](NC(=O)OC(C)(C)C(C)(F)F)[C@H](C)C1. The summed E-state index contributed by atoms with van der Waals surface area (Å²) in [6, 6.07) is 0.374. The third-order valence-electron chi connectivity index (χ3n) is 12.7. The van der Waals surface area contributed by atoms with Crippen LogP contribution in [0.3, 0.4) is 0 Å². The number of sulfonamides is 1. The Bertz CT molecular complexity index is 2420. The van der Waals surface area contributed by atoms with Gasteiger partial charge in [0, 0.05) is 19.3 Å². The number of aromatic nitrogens is 2. The van der Waals surface area contributed by atoms with Crippen LogP contribution in [0.5, 0.6) is 5.88 Å². The number of carbonyl (C=O) groups excluding carboxylic acids is 5. The quantitative estimate of drug-likeness (QED) is 0.142. The van der Waals surface area contributed by atoms with Gasteiger partial charge in [-0.25, -0.2) is 36.8 Å². The molecule has 4 aliphatic rings. The first-order valence-corrected chi connectivity index (χ1v) is 23.3. The minimum atomic E-state index is -5.15. The van der Waals surface area contributed by atoms with E-state index in [4.69, 9.17) is 14.2 Å². The van der Waals surface area contributed by atoms with E-state index in [0.717, 1.165) is 24.8 Å². The van der Waals surface area contributed by atoms with Gasteiger partial charge in [0.25, 0.3) is 11.8 Å². The van der Waals surface area contributed by atoms with Crippen LogP contribution in [-0.2, 0) is 40.1 Å². The van der Waals surface area contributed by atoms with Gasteiger partial charge in [0.1, 0.15) is 29.3 Å². The zero-order valence-corrected chi connectivity index (χ0v) is 39.0. The van der Waals surface area contributed by atoms with Gasteiger partial charge in [-0.1, -0.05) is 26.0 Å². The second-order valence-electron chi connectivity index (χ2n) is 20.0. The maximum atomic E-state index is 14.9. The highest BCUT2D eigenvalue weighted by molar-refractivity contribution is 7.91. The van der Waals surface area contributed by atoms with Crippen molar-refractivity contribution in [3.05, 3.63) is 41.6 Å². The molecule has 16 nitrogen and oxygen atoms in total. The second kappa shape index (κ2) is 17.5. The van der Waals surface area contributed by atoms with E-state index in [1.54, 1.807) is 39.8 Å². The molecule has 1 aromatic carbocycles. The molecular weight excluding hydrogens is 900 g/mol. The summed E-state index contributed by atoms with van der Waals surface area (Å²) in [5.41, 5.74) is -7.12. The topological polar surface area (TPSA) is 212 Å². The minimum Gasteiger partial charge on any atom is -0.471 e. The monoisotopic (exact) mass is 956 g/mol. The van der Waals surface area contributed by atoms with Crippen LogP contribution in [0.1, 0.15) is 123 Å². The summed E-state index contributed by atoms with van der Waals surface area (Å²) in [5, 5.41) is 5.07. The lowest BCUT2D eigenvalue weighted by Crippen LogP contribution is -2.59. The number of benzene rings is 1. The molecule has 2 aliphatic heterocycles. The maximum Gasteiger partial charge on any atom is 0.438 e. The smallest absolute Gasteiger partial charge is 0.438 e. The van der Waals surface area contributed by atoms with Crippen molar-refractivity contribution in [2.45, 2.75) is 159 Å². The first-order chi connectivity index (χ1) is 30.3. The van der Waals surface area contributed by atoms with Crippen LogP contribution < -0.4 is 20.1 Å². The fourth-order valence-electron chi connectivity index (χ4n) is 8.00. The Morgan fingerprint density at radius 3 is 2.21 bits per heavy atom. The van der Waals surface area contributed by atoms with Gasteiger partial charge < -0.3 is 29.7 Å². The fraction of sp³-hybridized carbons (Fsp3) is 0.659. The summed E-state index contributed by atoms with van der Waals surface area (Å²) in [6.45, 7) is 11.8. The Hall–Kier alpha value is -5.15. The van der Waals surface area contributed by atoms with Gasteiger partial charge in [-0.3, -0.25) is 19.1 Å². The van der Waals surface area contributed by atoms with Crippen LogP contribution in [0.25, 0.3) is 11.0 Å². The number of carbonyl (C=O) groups is 5. The Morgan fingerprint density at radius 1 is 0.939 bits per heavy atom. The van der Waals surface area contributed by atoms with E-state index in [1.807, 2.05) is 6.92 Å². The van der Waals surface area contributed by atoms with E-state index in [9.17, 15) is 54.3 Å². The largest absolute Gasteiger partial charge is 0.471 e. The van der Waals surface area contributed by atoms with E-state index in [1.165, 1.54) is 19.1 Å². The van der Waals surface area contributed by atoms with Crippen LogP contribution in [0, 0.1) is 17.8 Å². The molecule has 2 aliphatic carbocycles. The molecule has 66 heavy (non-hydrogen) atoms. The molecule has 22 heteroatoms. The van der Waals surface area contributed by atoms with Gasteiger partial charge in [-0.15, -0.1) is 0 Å². The summed E-state index contributed by atoms with van der Waals surface area (Å²) in [5.74, 6) is -9.89. The van der Waals surface area contributed by atoms with Crippen molar-refractivity contribution in [1.82, 2.24) is 30.2 Å². The molecule has 2 saturated carbocycles. The molecule has 7 atom stereocenters. The van der Waals surface area contributed by atoms with Gasteiger partial charge in [0.15, 0.2) is 5.60 Å². The zero-order valence-electron chi connectivity index (χ0n) is 38.2. The zero-order chi connectivity index (χ0) is 49.2. The van der Waals surface area contributed by atoms with Gasteiger partial charge in [-0.2, -0.15) is 13.2 Å². The number of nitrogens with one attached hydrogen (secondary N) is 3. The van der Waals surface area contributed by atoms with Crippen LogP contribution >= 0.6 is 0 Å². The van der Waals surface area contributed by atoms with Crippen molar-refractivity contribution < 1.29 is 68.6 Å². The normalized spacial score (nSPS) is 27.8. The number of amides is 4. The highest BCUT2D eigenvalue weighted by Gasteiger charge is 2.63. The van der Waals surface area contributed by atoms with E-state index >= 15 is 0 Å². The van der Waals surface area contributed by atoms with E-state index in [0.29, 0.717) is 32.6 Å². The van der Waals surface area contributed by atoms with E-state index in [2.05, 4.69) is 25.3 Å². The summed E-state index contributed by atoms with van der Waals surface area (Å²) >= 11 is 0. The molecule has 0 radical (unpaired) electrons. The number of halogens is 5. The van der Waals surface area contributed by atoms with Crippen molar-refractivity contribution in [1.29, 1.82) is 0 Å². The average Bonchev–Trinajstić information content (AvgIpc) is 4.06. The number of hydrogen-bond acceptors (Lipinski definition) is 12. The number of esters is 1. The highest BCUT2D eigenvalue weighted by Crippen LogP contribution is 2.48. The Morgan fingerprint density at radius 2 is 1.61 bits per heavy atom. The number of rotatable bonds is 9. The number of ether oxygens (including phenoxy) is 3. The first kappa shape index (κ1) is 50.3. The van der Waals surface area contributed by atoms with Gasteiger partial charge in [0.05, 0.1) is 27.9 Å². The number of alkyl carbamates (subject to hydrolysis) is 1. The third-order valence-corrected chi connectivity index (χ3v) is 14.9. The maximum absolute atomic E-state index is 14.9. The lowest BCUT2D eigenvalue weighted by molar-refractivity contribution is -0.152. The van der Waals surface area contributed by atoms with Crippen molar-refractivity contribution in [2.24, 2.45) is 17.8 Å². The lowest BCUT2D eigenvalue weighted by Gasteiger charge is -2.35.